The second kappa shape index (κ2) is 8.99. The monoisotopic (exact) mass is 383 g/mol. The zero-order valence-corrected chi connectivity index (χ0v) is 16.2. The Morgan fingerprint density at radius 2 is 1.57 bits per heavy atom. The van der Waals surface area contributed by atoms with Crippen LogP contribution >= 0.6 is 15.9 Å². The molecule has 3 rings (SSSR count). The summed E-state index contributed by atoms with van der Waals surface area (Å²) in [7, 11) is 0. The fourth-order valence-corrected chi connectivity index (χ4v) is 5.63. The summed E-state index contributed by atoms with van der Waals surface area (Å²) >= 11 is 3.70. The van der Waals surface area contributed by atoms with Crippen molar-refractivity contribution < 1.29 is 4.79 Å². The molecule has 23 heavy (non-hydrogen) atoms. The van der Waals surface area contributed by atoms with Gasteiger partial charge >= 0.3 is 0 Å². The molecule has 0 aromatic heterocycles. The Morgan fingerprint density at radius 3 is 2.30 bits per heavy atom. The van der Waals surface area contributed by atoms with Crippen molar-refractivity contribution in [3.8, 4) is 0 Å². The number of hydrogen-bond donors (Lipinski definition) is 0. The summed E-state index contributed by atoms with van der Waals surface area (Å²) in [5, 5.41) is 0. The van der Waals surface area contributed by atoms with Crippen molar-refractivity contribution >= 4 is 21.7 Å². The molecule has 2 aliphatic carbocycles. The van der Waals surface area contributed by atoms with Gasteiger partial charge in [0.25, 0.3) is 0 Å². The van der Waals surface area contributed by atoms with Crippen LogP contribution < -0.4 is 0 Å². The van der Waals surface area contributed by atoms with Crippen LogP contribution in [-0.4, -0.2) is 35.1 Å². The maximum atomic E-state index is 12.6. The van der Waals surface area contributed by atoms with E-state index in [1.54, 1.807) is 0 Å². The Labute approximate surface area is 150 Å². The number of ketones is 1. The smallest absolute Gasteiger partial charge is 0.149 e. The predicted octanol–water partition coefficient (Wildman–Crippen LogP) is 5.19. The molecule has 0 spiro atoms. The summed E-state index contributed by atoms with van der Waals surface area (Å²) in [5.41, 5.74) is 0. The van der Waals surface area contributed by atoms with Crippen LogP contribution in [0.25, 0.3) is 0 Å². The molecule has 2 nitrogen and oxygen atoms in total. The van der Waals surface area contributed by atoms with Crippen molar-refractivity contribution in [2.24, 2.45) is 17.8 Å². The Balaban J connectivity index is 1.41. The molecular weight excluding hydrogens is 350 g/mol. The number of halogens is 1. The van der Waals surface area contributed by atoms with Crippen molar-refractivity contribution in [2.45, 2.75) is 81.9 Å². The van der Waals surface area contributed by atoms with Gasteiger partial charge in [-0.05, 0) is 63.3 Å². The van der Waals surface area contributed by atoms with E-state index in [4.69, 9.17) is 0 Å². The third-order valence-corrected chi connectivity index (χ3v) is 7.40. The van der Waals surface area contributed by atoms with Gasteiger partial charge in [0.05, 0.1) is 6.54 Å². The van der Waals surface area contributed by atoms with E-state index in [0.717, 1.165) is 37.8 Å². The van der Waals surface area contributed by atoms with E-state index < -0.39 is 0 Å². The first-order valence-corrected chi connectivity index (χ1v) is 11.0. The highest BCUT2D eigenvalue weighted by atomic mass is 79.9. The number of nitrogens with zero attached hydrogens (tertiary/aromatic N) is 1. The lowest BCUT2D eigenvalue weighted by Crippen LogP contribution is -2.41. The second-order valence-electron chi connectivity index (χ2n) is 8.40. The van der Waals surface area contributed by atoms with Crippen molar-refractivity contribution in [2.75, 3.05) is 19.6 Å². The van der Waals surface area contributed by atoms with Crippen molar-refractivity contribution in [1.82, 2.24) is 4.90 Å². The van der Waals surface area contributed by atoms with E-state index in [1.807, 2.05) is 0 Å². The van der Waals surface area contributed by atoms with Gasteiger partial charge in [-0.1, -0.05) is 48.0 Å². The Kier molecular flexibility index (Phi) is 7.00. The topological polar surface area (TPSA) is 20.3 Å². The lowest BCUT2D eigenvalue weighted by molar-refractivity contribution is -0.125. The molecule has 2 saturated carbocycles. The van der Waals surface area contributed by atoms with Crippen LogP contribution in [0.15, 0.2) is 0 Å². The van der Waals surface area contributed by atoms with Gasteiger partial charge in [-0.2, -0.15) is 0 Å². The van der Waals surface area contributed by atoms with Crippen molar-refractivity contribution in [3.05, 3.63) is 0 Å². The van der Waals surface area contributed by atoms with Crippen molar-refractivity contribution in [1.29, 1.82) is 0 Å². The van der Waals surface area contributed by atoms with Gasteiger partial charge in [0, 0.05) is 17.3 Å². The fourth-order valence-electron chi connectivity index (χ4n) is 5.11. The molecule has 1 unspecified atom stereocenters. The zero-order valence-electron chi connectivity index (χ0n) is 14.6. The number of piperidine rings is 1. The fraction of sp³-hybridized carbons (Fsp3) is 0.950. The first kappa shape index (κ1) is 17.9. The molecule has 0 bridgehead atoms. The highest BCUT2D eigenvalue weighted by Gasteiger charge is 2.29. The first-order valence-electron chi connectivity index (χ1n) is 10.1. The normalized spacial score (nSPS) is 34.4. The summed E-state index contributed by atoms with van der Waals surface area (Å²) < 4.78 is 0. The second-order valence-corrected chi connectivity index (χ2v) is 9.69. The Bertz CT molecular complexity index is 372. The maximum Gasteiger partial charge on any atom is 0.149 e. The number of carbonyl (C=O) groups is 1. The van der Waals surface area contributed by atoms with Crippen LogP contribution in [0, 0.1) is 17.8 Å². The molecule has 0 amide bonds. The van der Waals surface area contributed by atoms with Gasteiger partial charge in [-0.15, -0.1) is 0 Å². The SMILES string of the molecule is O=C(CN1CCCC(CC2CCCCC2)C1)C1CCC(Br)CC1. The molecule has 3 fully saturated rings. The summed E-state index contributed by atoms with van der Waals surface area (Å²) in [6, 6.07) is 0. The Morgan fingerprint density at radius 1 is 0.870 bits per heavy atom. The summed E-state index contributed by atoms with van der Waals surface area (Å²) in [5.74, 6) is 2.72. The molecule has 0 aromatic carbocycles. The maximum absolute atomic E-state index is 12.6. The Hall–Kier alpha value is 0.110. The third kappa shape index (κ3) is 5.56. The summed E-state index contributed by atoms with van der Waals surface area (Å²) in [6.07, 6.45) is 16.0. The minimum atomic E-state index is 0.350. The van der Waals surface area contributed by atoms with Gasteiger partial charge in [0.2, 0.25) is 0 Å². The minimum Gasteiger partial charge on any atom is -0.298 e. The average molecular weight is 384 g/mol. The lowest BCUT2D eigenvalue weighted by Gasteiger charge is -2.36. The molecule has 0 N–H and O–H groups in total. The first-order chi connectivity index (χ1) is 11.2. The van der Waals surface area contributed by atoms with E-state index in [2.05, 4.69) is 20.8 Å². The lowest BCUT2D eigenvalue weighted by atomic mass is 9.80. The van der Waals surface area contributed by atoms with Gasteiger partial charge < -0.3 is 0 Å². The molecular formula is C20H34BrNO. The van der Waals surface area contributed by atoms with Crippen LogP contribution in [0.1, 0.15) is 77.0 Å². The molecule has 1 heterocycles. The summed E-state index contributed by atoms with van der Waals surface area (Å²) in [4.78, 5) is 15.8. The van der Waals surface area contributed by atoms with Crippen LogP contribution in [0.5, 0.6) is 0 Å². The molecule has 1 saturated heterocycles. The van der Waals surface area contributed by atoms with E-state index in [1.165, 1.54) is 70.8 Å². The quantitative estimate of drug-likeness (QED) is 0.608. The zero-order chi connectivity index (χ0) is 16.1. The molecule has 3 heteroatoms. The molecule has 0 aromatic rings. The number of rotatable bonds is 5. The number of Topliss-reactive ketones (excluding diaryl/α,β-unsaturated/α-hetero) is 1. The van der Waals surface area contributed by atoms with E-state index >= 15 is 0 Å². The van der Waals surface area contributed by atoms with Gasteiger partial charge in [-0.3, -0.25) is 9.69 Å². The van der Waals surface area contributed by atoms with E-state index in [-0.39, 0.29) is 0 Å². The van der Waals surface area contributed by atoms with Gasteiger partial charge in [0.15, 0.2) is 0 Å². The number of alkyl halides is 1. The standard InChI is InChI=1S/C20H34BrNO/c21-19-10-8-18(9-11-19)20(23)15-22-12-4-7-17(14-22)13-16-5-2-1-3-6-16/h16-19H,1-15H2. The van der Waals surface area contributed by atoms with Crippen LogP contribution in [0.4, 0.5) is 0 Å². The van der Waals surface area contributed by atoms with Gasteiger partial charge in [-0.25, -0.2) is 0 Å². The van der Waals surface area contributed by atoms with Crippen molar-refractivity contribution in [3.63, 3.8) is 0 Å². The number of likely N-dealkylation sites (tertiary alicyclic amines) is 1. The summed E-state index contributed by atoms with van der Waals surface area (Å²) in [6.45, 7) is 3.08. The third-order valence-electron chi connectivity index (χ3n) is 6.49. The molecule has 3 aliphatic rings. The van der Waals surface area contributed by atoms with Crippen LogP contribution in [0.2, 0.25) is 0 Å². The highest BCUT2D eigenvalue weighted by Crippen LogP contribution is 2.33. The number of hydrogen-bond acceptors (Lipinski definition) is 2. The highest BCUT2D eigenvalue weighted by molar-refractivity contribution is 9.09. The molecule has 0 radical (unpaired) electrons. The largest absolute Gasteiger partial charge is 0.298 e. The van der Waals surface area contributed by atoms with Crippen LogP contribution in [0.3, 0.4) is 0 Å². The minimum absolute atomic E-state index is 0.350. The van der Waals surface area contributed by atoms with Gasteiger partial charge in [0.1, 0.15) is 5.78 Å². The molecule has 132 valence electrons. The average Bonchev–Trinajstić information content (AvgIpc) is 2.57. The molecule has 1 atom stereocenters. The van der Waals surface area contributed by atoms with E-state index in [9.17, 15) is 4.79 Å². The number of carbonyl (C=O) groups excluding carboxylic acids is 1. The van der Waals surface area contributed by atoms with Crippen LogP contribution in [-0.2, 0) is 4.79 Å². The van der Waals surface area contributed by atoms with E-state index in [0.29, 0.717) is 16.5 Å². The molecule has 1 aliphatic heterocycles. The predicted molar refractivity (Wildman–Crippen MR) is 100 cm³/mol.